The van der Waals surface area contributed by atoms with Crippen molar-refractivity contribution >= 4 is 50.8 Å². The molecule has 1 aliphatic heterocycles. The van der Waals surface area contributed by atoms with E-state index in [1.54, 1.807) is 41.3 Å². The van der Waals surface area contributed by atoms with Gasteiger partial charge in [0.25, 0.3) is 17.4 Å². The van der Waals surface area contributed by atoms with Crippen molar-refractivity contribution in [2.45, 2.75) is 18.9 Å². The van der Waals surface area contributed by atoms with Gasteiger partial charge in [-0.1, -0.05) is 29.8 Å². The number of carbonyl (C=O) groups is 2. The number of pyridine rings is 1. The van der Waals surface area contributed by atoms with Crippen molar-refractivity contribution in [2.24, 2.45) is 0 Å². The number of fused-ring (bicyclic) bond motifs is 1. The van der Waals surface area contributed by atoms with Gasteiger partial charge in [0.2, 0.25) is 0 Å². The number of nitrogens with zero attached hydrogens (tertiary/aromatic N) is 2. The molecule has 1 saturated heterocycles. The number of rotatable bonds is 4. The maximum absolute atomic E-state index is 13.3. The fraction of sp³-hybridized carbons (Fsp3) is 0.167. The van der Waals surface area contributed by atoms with Crippen molar-refractivity contribution in [3.8, 4) is 0 Å². The molecule has 2 aromatic heterocycles. The molecule has 2 amide bonds. The van der Waals surface area contributed by atoms with Crippen molar-refractivity contribution in [1.29, 1.82) is 0 Å². The zero-order chi connectivity index (χ0) is 22.9. The Morgan fingerprint density at radius 2 is 1.94 bits per heavy atom. The predicted octanol–water partition coefficient (Wildman–Crippen LogP) is 4.87. The monoisotopic (exact) mass is 478 g/mol. The number of amides is 2. The topological polar surface area (TPSA) is 95.2 Å². The molecule has 0 unspecified atom stereocenters. The first kappa shape index (κ1) is 21.4. The van der Waals surface area contributed by atoms with Crippen LogP contribution in [0.3, 0.4) is 0 Å². The van der Waals surface area contributed by atoms with Gasteiger partial charge in [-0.05, 0) is 54.6 Å². The highest BCUT2D eigenvalue weighted by Crippen LogP contribution is 2.34. The molecule has 2 N–H and O–H groups in total. The summed E-state index contributed by atoms with van der Waals surface area (Å²) in [4.78, 5) is 47.4. The van der Waals surface area contributed by atoms with E-state index in [0.29, 0.717) is 33.5 Å². The van der Waals surface area contributed by atoms with Crippen molar-refractivity contribution in [3.05, 3.63) is 92.2 Å². The first-order valence-electron chi connectivity index (χ1n) is 10.4. The Morgan fingerprint density at radius 1 is 1.15 bits per heavy atom. The molecule has 7 nitrogen and oxygen atoms in total. The summed E-state index contributed by atoms with van der Waals surface area (Å²) in [5, 5.41) is 6.45. The molecule has 166 valence electrons. The van der Waals surface area contributed by atoms with Gasteiger partial charge in [-0.25, -0.2) is 4.98 Å². The summed E-state index contributed by atoms with van der Waals surface area (Å²) in [6.07, 6.45) is 1.55. The highest BCUT2D eigenvalue weighted by atomic mass is 35.5. The zero-order valence-corrected chi connectivity index (χ0v) is 18.9. The molecule has 5 rings (SSSR count). The third-order valence-electron chi connectivity index (χ3n) is 5.69. The molecule has 1 aliphatic rings. The number of hydrogen-bond donors (Lipinski definition) is 2. The van der Waals surface area contributed by atoms with E-state index in [4.69, 9.17) is 11.6 Å². The lowest BCUT2D eigenvalue weighted by molar-refractivity contribution is 0.0731. The number of para-hydroxylation sites is 1. The molecule has 0 aliphatic carbocycles. The lowest BCUT2D eigenvalue weighted by atomic mass is 10.1. The lowest BCUT2D eigenvalue weighted by Gasteiger charge is -2.23. The van der Waals surface area contributed by atoms with Gasteiger partial charge >= 0.3 is 0 Å². The number of carbonyl (C=O) groups excluding carboxylic acids is 2. The second-order valence-electron chi connectivity index (χ2n) is 7.79. The standard InChI is InChI=1S/C24H19ClN4O3S/c25-16-9-7-14(8-10-16)21(30)28-24-27-19(13-33-24)20-6-3-11-29(20)23(32)17-12-15-4-1-2-5-18(15)26-22(17)31/h1-2,4-5,7-10,12-13,20H,3,6,11H2,(H,26,31)(H,27,28,30)/t20-/m0/s1. The maximum atomic E-state index is 13.3. The molecule has 1 atom stereocenters. The van der Waals surface area contributed by atoms with Crippen molar-refractivity contribution < 1.29 is 9.59 Å². The quantitative estimate of drug-likeness (QED) is 0.437. The van der Waals surface area contributed by atoms with Crippen molar-refractivity contribution in [2.75, 3.05) is 11.9 Å². The molecule has 0 saturated carbocycles. The number of nitrogens with one attached hydrogen (secondary N) is 2. The summed E-state index contributed by atoms with van der Waals surface area (Å²) in [7, 11) is 0. The van der Waals surface area contributed by atoms with Crippen LogP contribution in [0, 0.1) is 0 Å². The first-order valence-corrected chi connectivity index (χ1v) is 11.7. The van der Waals surface area contributed by atoms with Gasteiger partial charge in [0, 0.05) is 28.0 Å². The highest BCUT2D eigenvalue weighted by Gasteiger charge is 2.33. The zero-order valence-electron chi connectivity index (χ0n) is 17.4. The van der Waals surface area contributed by atoms with Gasteiger partial charge in [0.15, 0.2) is 5.13 Å². The molecule has 2 aromatic carbocycles. The minimum atomic E-state index is -0.404. The SMILES string of the molecule is O=C(Nc1nc([C@@H]2CCCN2C(=O)c2cc3ccccc3[nH]c2=O)cs1)c1ccc(Cl)cc1. The number of thiazole rings is 1. The van der Waals surface area contributed by atoms with E-state index in [2.05, 4.69) is 15.3 Å². The lowest BCUT2D eigenvalue weighted by Crippen LogP contribution is -2.34. The molecule has 9 heteroatoms. The third kappa shape index (κ3) is 4.27. The van der Waals surface area contributed by atoms with Gasteiger partial charge in [0.1, 0.15) is 5.56 Å². The molecule has 1 fully saturated rings. The maximum Gasteiger partial charge on any atom is 0.261 e. The van der Waals surface area contributed by atoms with E-state index in [1.807, 2.05) is 23.6 Å². The minimum Gasteiger partial charge on any atom is -0.330 e. The summed E-state index contributed by atoms with van der Waals surface area (Å²) in [6, 6.07) is 15.4. The summed E-state index contributed by atoms with van der Waals surface area (Å²) in [6.45, 7) is 0.541. The van der Waals surface area contributed by atoms with Gasteiger partial charge in [0.05, 0.1) is 11.7 Å². The number of hydrogen-bond acceptors (Lipinski definition) is 5. The van der Waals surface area contributed by atoms with Gasteiger partial charge in [-0.2, -0.15) is 0 Å². The molecule has 3 heterocycles. The largest absolute Gasteiger partial charge is 0.330 e. The van der Waals surface area contributed by atoms with Crippen LogP contribution in [0.2, 0.25) is 5.02 Å². The summed E-state index contributed by atoms with van der Waals surface area (Å²) < 4.78 is 0. The smallest absolute Gasteiger partial charge is 0.261 e. The molecule has 4 aromatic rings. The minimum absolute atomic E-state index is 0.118. The van der Waals surface area contributed by atoms with Crippen LogP contribution in [-0.2, 0) is 0 Å². The fourth-order valence-corrected chi connectivity index (χ4v) is 4.92. The fourth-order valence-electron chi connectivity index (χ4n) is 4.05. The van der Waals surface area contributed by atoms with Crippen molar-refractivity contribution in [3.63, 3.8) is 0 Å². The van der Waals surface area contributed by atoms with Gasteiger partial charge < -0.3 is 9.88 Å². The first-order chi connectivity index (χ1) is 16.0. The van der Waals surface area contributed by atoms with E-state index < -0.39 is 5.56 Å². The number of aromatic amines is 1. The second kappa shape index (κ2) is 8.80. The predicted molar refractivity (Wildman–Crippen MR) is 129 cm³/mol. The Balaban J connectivity index is 1.36. The molecular weight excluding hydrogens is 460 g/mol. The number of halogens is 1. The van der Waals surface area contributed by atoms with Crippen LogP contribution < -0.4 is 10.9 Å². The second-order valence-corrected chi connectivity index (χ2v) is 9.09. The Kier molecular flexibility index (Phi) is 5.70. The normalized spacial score (nSPS) is 15.7. The Bertz CT molecular complexity index is 1410. The number of benzene rings is 2. The molecule has 0 spiro atoms. The van der Waals surface area contributed by atoms with E-state index in [9.17, 15) is 14.4 Å². The van der Waals surface area contributed by atoms with Crippen LogP contribution in [0.4, 0.5) is 5.13 Å². The Morgan fingerprint density at radius 3 is 2.76 bits per heavy atom. The van der Waals surface area contributed by atoms with Crippen LogP contribution in [0.15, 0.2) is 64.8 Å². The molecular formula is C24H19ClN4O3S. The van der Waals surface area contributed by atoms with E-state index in [-0.39, 0.29) is 23.4 Å². The van der Waals surface area contributed by atoms with Gasteiger partial charge in [-0.3, -0.25) is 19.7 Å². The van der Waals surface area contributed by atoms with Crippen molar-refractivity contribution in [1.82, 2.24) is 14.9 Å². The average Bonchev–Trinajstić information content (AvgIpc) is 3.48. The Labute approximate surface area is 198 Å². The molecule has 33 heavy (non-hydrogen) atoms. The summed E-state index contributed by atoms with van der Waals surface area (Å²) in [5.41, 5.74) is 1.59. The van der Waals surface area contributed by atoms with E-state index >= 15 is 0 Å². The number of H-pyrrole nitrogens is 1. The van der Waals surface area contributed by atoms with Crippen LogP contribution >= 0.6 is 22.9 Å². The number of aromatic nitrogens is 2. The number of anilines is 1. The van der Waals surface area contributed by atoms with Crippen LogP contribution in [0.5, 0.6) is 0 Å². The van der Waals surface area contributed by atoms with E-state index in [1.165, 1.54) is 11.3 Å². The van der Waals surface area contributed by atoms with Crippen LogP contribution in [-0.4, -0.2) is 33.2 Å². The Hall–Kier alpha value is -3.49. The van der Waals surface area contributed by atoms with Crippen LogP contribution in [0.1, 0.15) is 45.3 Å². The molecule has 0 bridgehead atoms. The summed E-state index contributed by atoms with van der Waals surface area (Å²) in [5.74, 6) is -0.598. The average molecular weight is 479 g/mol. The van der Waals surface area contributed by atoms with E-state index in [0.717, 1.165) is 18.2 Å². The van der Waals surface area contributed by atoms with Crippen LogP contribution in [0.25, 0.3) is 10.9 Å². The van der Waals surface area contributed by atoms with Gasteiger partial charge in [-0.15, -0.1) is 11.3 Å². The number of likely N-dealkylation sites (tertiary alicyclic amines) is 1. The summed E-state index contributed by atoms with van der Waals surface area (Å²) >= 11 is 7.18. The highest BCUT2D eigenvalue weighted by molar-refractivity contribution is 7.14. The third-order valence-corrected chi connectivity index (χ3v) is 6.72. The molecule has 0 radical (unpaired) electrons.